The van der Waals surface area contributed by atoms with E-state index >= 15 is 0 Å². The quantitative estimate of drug-likeness (QED) is 0.888. The summed E-state index contributed by atoms with van der Waals surface area (Å²) < 4.78 is 15.5. The van der Waals surface area contributed by atoms with Gasteiger partial charge in [0.15, 0.2) is 0 Å². The Hall–Kier alpha value is -2.37. The Morgan fingerprint density at radius 2 is 2.19 bits per heavy atom. The maximum Gasteiger partial charge on any atom is 0.257 e. The average molecular weight is 290 g/mol. The molecule has 2 aromatic rings. The SMILES string of the molecule is CCNc1c(F)cccc1C(=O)Nc1cnn(C(C)C)c1. The maximum absolute atomic E-state index is 13.8. The molecule has 1 heterocycles. The summed E-state index contributed by atoms with van der Waals surface area (Å²) in [6.45, 7) is 6.37. The maximum atomic E-state index is 13.8. The van der Waals surface area contributed by atoms with Crippen LogP contribution in [0.2, 0.25) is 0 Å². The zero-order valence-corrected chi connectivity index (χ0v) is 12.4. The highest BCUT2D eigenvalue weighted by atomic mass is 19.1. The summed E-state index contributed by atoms with van der Waals surface area (Å²) in [4.78, 5) is 12.3. The van der Waals surface area contributed by atoms with E-state index in [9.17, 15) is 9.18 Å². The predicted octanol–water partition coefficient (Wildman–Crippen LogP) is 3.29. The summed E-state index contributed by atoms with van der Waals surface area (Å²) in [6.07, 6.45) is 3.32. The molecule has 0 spiro atoms. The fraction of sp³-hybridized carbons (Fsp3) is 0.333. The third-order valence-electron chi connectivity index (χ3n) is 3.00. The van der Waals surface area contributed by atoms with Gasteiger partial charge >= 0.3 is 0 Å². The van der Waals surface area contributed by atoms with Gasteiger partial charge in [0.1, 0.15) is 5.82 Å². The molecule has 6 heteroatoms. The number of benzene rings is 1. The number of anilines is 2. The van der Waals surface area contributed by atoms with Gasteiger partial charge in [-0.25, -0.2) is 4.39 Å². The fourth-order valence-electron chi connectivity index (χ4n) is 1.95. The number of aromatic nitrogens is 2. The smallest absolute Gasteiger partial charge is 0.257 e. The minimum Gasteiger partial charge on any atom is -0.382 e. The number of rotatable bonds is 5. The number of hydrogen-bond donors (Lipinski definition) is 2. The Morgan fingerprint density at radius 1 is 1.43 bits per heavy atom. The molecule has 0 fully saturated rings. The number of hydrogen-bond acceptors (Lipinski definition) is 3. The average Bonchev–Trinajstić information content (AvgIpc) is 2.90. The summed E-state index contributed by atoms with van der Waals surface area (Å²) in [5.74, 6) is -0.809. The third-order valence-corrected chi connectivity index (χ3v) is 3.00. The van der Waals surface area contributed by atoms with Crippen molar-refractivity contribution in [3.8, 4) is 0 Å². The second-order valence-corrected chi connectivity index (χ2v) is 4.95. The lowest BCUT2D eigenvalue weighted by atomic mass is 10.1. The molecule has 0 saturated carbocycles. The van der Waals surface area contributed by atoms with Crippen molar-refractivity contribution in [3.05, 3.63) is 42.0 Å². The van der Waals surface area contributed by atoms with Gasteiger partial charge in [-0.2, -0.15) is 5.10 Å². The summed E-state index contributed by atoms with van der Waals surface area (Å²) in [5, 5.41) is 9.76. The minimum atomic E-state index is -0.442. The van der Waals surface area contributed by atoms with Gasteiger partial charge in [0.05, 0.1) is 23.1 Å². The van der Waals surface area contributed by atoms with Crippen LogP contribution in [0.3, 0.4) is 0 Å². The highest BCUT2D eigenvalue weighted by molar-refractivity contribution is 6.08. The second-order valence-electron chi connectivity index (χ2n) is 4.95. The van der Waals surface area contributed by atoms with Gasteiger partial charge in [-0.3, -0.25) is 9.48 Å². The molecule has 1 aromatic carbocycles. The monoisotopic (exact) mass is 290 g/mol. The van der Waals surface area contributed by atoms with Crippen molar-refractivity contribution in [2.45, 2.75) is 26.8 Å². The Labute approximate surface area is 123 Å². The van der Waals surface area contributed by atoms with Crippen molar-refractivity contribution in [3.63, 3.8) is 0 Å². The van der Waals surface area contributed by atoms with Crippen LogP contribution in [-0.4, -0.2) is 22.2 Å². The molecule has 2 N–H and O–H groups in total. The summed E-state index contributed by atoms with van der Waals surface area (Å²) >= 11 is 0. The van der Waals surface area contributed by atoms with Gasteiger partial charge in [-0.15, -0.1) is 0 Å². The van der Waals surface area contributed by atoms with Crippen LogP contribution < -0.4 is 10.6 Å². The number of carbonyl (C=O) groups is 1. The van der Waals surface area contributed by atoms with Crippen molar-refractivity contribution < 1.29 is 9.18 Å². The van der Waals surface area contributed by atoms with Gasteiger partial charge in [0.25, 0.3) is 5.91 Å². The topological polar surface area (TPSA) is 59.0 Å². The van der Waals surface area contributed by atoms with E-state index in [-0.39, 0.29) is 23.2 Å². The zero-order chi connectivity index (χ0) is 15.4. The fourth-order valence-corrected chi connectivity index (χ4v) is 1.95. The van der Waals surface area contributed by atoms with E-state index in [0.29, 0.717) is 12.2 Å². The molecule has 0 aliphatic heterocycles. The molecule has 0 radical (unpaired) electrons. The van der Waals surface area contributed by atoms with Crippen LogP contribution >= 0.6 is 0 Å². The molecule has 21 heavy (non-hydrogen) atoms. The van der Waals surface area contributed by atoms with Crippen LogP contribution in [0.25, 0.3) is 0 Å². The minimum absolute atomic E-state index is 0.210. The number of nitrogens with one attached hydrogen (secondary N) is 2. The second kappa shape index (κ2) is 6.39. The molecule has 0 bridgehead atoms. The van der Waals surface area contributed by atoms with E-state index in [1.165, 1.54) is 12.1 Å². The molecule has 0 aliphatic rings. The predicted molar refractivity (Wildman–Crippen MR) is 81.1 cm³/mol. The van der Waals surface area contributed by atoms with Gasteiger partial charge in [-0.05, 0) is 32.9 Å². The third kappa shape index (κ3) is 3.39. The van der Waals surface area contributed by atoms with Crippen molar-refractivity contribution >= 4 is 17.3 Å². The zero-order valence-electron chi connectivity index (χ0n) is 12.4. The van der Waals surface area contributed by atoms with Gasteiger partial charge in [-0.1, -0.05) is 6.07 Å². The molecule has 112 valence electrons. The lowest BCUT2D eigenvalue weighted by molar-refractivity contribution is 0.102. The highest BCUT2D eigenvalue weighted by Gasteiger charge is 2.15. The van der Waals surface area contributed by atoms with Crippen LogP contribution in [0.1, 0.15) is 37.2 Å². The molecule has 5 nitrogen and oxygen atoms in total. The Morgan fingerprint density at radius 3 is 2.81 bits per heavy atom. The van der Waals surface area contributed by atoms with Crippen LogP contribution in [0.4, 0.5) is 15.8 Å². The van der Waals surface area contributed by atoms with E-state index in [1.54, 1.807) is 23.1 Å². The summed E-state index contributed by atoms with van der Waals surface area (Å²) in [6, 6.07) is 4.64. The number of para-hydroxylation sites is 1. The first-order chi connectivity index (χ1) is 10.0. The van der Waals surface area contributed by atoms with Crippen molar-refractivity contribution in [1.82, 2.24) is 9.78 Å². The Balaban J connectivity index is 2.21. The molecular weight excluding hydrogens is 271 g/mol. The molecule has 2 rings (SSSR count). The lowest BCUT2D eigenvalue weighted by Crippen LogP contribution is -2.15. The molecule has 0 atom stereocenters. The lowest BCUT2D eigenvalue weighted by Gasteiger charge is -2.11. The van der Waals surface area contributed by atoms with E-state index in [4.69, 9.17) is 0 Å². The normalized spacial score (nSPS) is 10.7. The molecule has 0 aliphatic carbocycles. The summed E-state index contributed by atoms with van der Waals surface area (Å²) in [5.41, 5.74) is 1.07. The Bertz CT molecular complexity index is 636. The Kier molecular flexibility index (Phi) is 4.57. The highest BCUT2D eigenvalue weighted by Crippen LogP contribution is 2.21. The first-order valence-corrected chi connectivity index (χ1v) is 6.90. The standard InChI is InChI=1S/C15H19FN4O/c1-4-17-14-12(6-5-7-13(14)16)15(21)19-11-8-18-20(9-11)10(2)3/h5-10,17H,4H2,1-3H3,(H,19,21). The number of amides is 1. The van der Waals surface area contributed by atoms with Gasteiger partial charge in [0, 0.05) is 18.8 Å². The van der Waals surface area contributed by atoms with Crippen molar-refractivity contribution in [2.75, 3.05) is 17.2 Å². The largest absolute Gasteiger partial charge is 0.382 e. The van der Waals surface area contributed by atoms with Crippen molar-refractivity contribution in [2.24, 2.45) is 0 Å². The number of carbonyl (C=O) groups excluding carboxylic acids is 1. The van der Waals surface area contributed by atoms with Crippen LogP contribution in [0.15, 0.2) is 30.6 Å². The molecule has 1 amide bonds. The van der Waals surface area contributed by atoms with E-state index in [1.807, 2.05) is 20.8 Å². The van der Waals surface area contributed by atoms with E-state index < -0.39 is 5.82 Å². The first-order valence-electron chi connectivity index (χ1n) is 6.90. The molecule has 0 unspecified atom stereocenters. The van der Waals surface area contributed by atoms with Crippen molar-refractivity contribution in [1.29, 1.82) is 0 Å². The van der Waals surface area contributed by atoms with Crippen LogP contribution in [0.5, 0.6) is 0 Å². The first kappa shape index (κ1) is 15.0. The van der Waals surface area contributed by atoms with Gasteiger partial charge in [0.2, 0.25) is 0 Å². The molecule has 0 saturated heterocycles. The van der Waals surface area contributed by atoms with Gasteiger partial charge < -0.3 is 10.6 Å². The number of nitrogens with zero attached hydrogens (tertiary/aromatic N) is 2. The van der Waals surface area contributed by atoms with E-state index in [0.717, 1.165) is 0 Å². The number of halogens is 1. The van der Waals surface area contributed by atoms with Crippen LogP contribution in [-0.2, 0) is 0 Å². The van der Waals surface area contributed by atoms with E-state index in [2.05, 4.69) is 15.7 Å². The van der Waals surface area contributed by atoms with Crippen LogP contribution in [0, 0.1) is 5.82 Å². The summed E-state index contributed by atoms with van der Waals surface area (Å²) in [7, 11) is 0. The molecular formula is C15H19FN4O. The molecule has 1 aromatic heterocycles.